The van der Waals surface area contributed by atoms with Crippen LogP contribution in [0.25, 0.3) is 0 Å². The van der Waals surface area contributed by atoms with Gasteiger partial charge in [0.2, 0.25) is 0 Å². The van der Waals surface area contributed by atoms with E-state index in [1.54, 1.807) is 0 Å². The number of hydrogen-bond acceptors (Lipinski definition) is 3. The number of nitrogens with zero attached hydrogens (tertiary/aromatic N) is 2. The van der Waals surface area contributed by atoms with Crippen LogP contribution in [-0.4, -0.2) is 27.1 Å². The molecule has 3 nitrogen and oxygen atoms in total. The van der Waals surface area contributed by atoms with E-state index in [-0.39, 0.29) is 0 Å². The first kappa shape index (κ1) is 11.0. The molecule has 1 atom stereocenters. The first-order chi connectivity index (χ1) is 7.40. The van der Waals surface area contributed by atoms with Crippen LogP contribution < -0.4 is 5.32 Å². The summed E-state index contributed by atoms with van der Waals surface area (Å²) in [6.07, 6.45) is 6.56. The first-order valence-electron chi connectivity index (χ1n) is 5.70. The van der Waals surface area contributed by atoms with Crippen molar-refractivity contribution in [1.82, 2.24) is 14.9 Å². The van der Waals surface area contributed by atoms with Gasteiger partial charge in [0.25, 0.3) is 0 Å². The molecule has 1 aliphatic rings. The summed E-state index contributed by atoms with van der Waals surface area (Å²) in [4.78, 5) is 4.17. The fourth-order valence-corrected chi connectivity index (χ4v) is 3.04. The number of aromatic nitrogens is 2. The van der Waals surface area contributed by atoms with Crippen LogP contribution in [0.1, 0.15) is 25.5 Å². The van der Waals surface area contributed by atoms with Crippen LogP contribution >= 0.6 is 11.8 Å². The lowest BCUT2D eigenvalue weighted by molar-refractivity contribution is 0.495. The predicted molar refractivity (Wildman–Crippen MR) is 65.1 cm³/mol. The molecule has 1 unspecified atom stereocenters. The van der Waals surface area contributed by atoms with Crippen LogP contribution in [0.3, 0.4) is 0 Å². The maximum Gasteiger partial charge on any atom is 0.0948 e. The van der Waals surface area contributed by atoms with Gasteiger partial charge in [-0.25, -0.2) is 4.98 Å². The number of rotatable bonds is 4. The highest BCUT2D eigenvalue weighted by Gasteiger charge is 2.13. The van der Waals surface area contributed by atoms with Crippen LogP contribution in [0, 0.1) is 0 Å². The zero-order valence-electron chi connectivity index (χ0n) is 9.28. The minimum atomic E-state index is 0.698. The van der Waals surface area contributed by atoms with Gasteiger partial charge in [0.1, 0.15) is 0 Å². The highest BCUT2D eigenvalue weighted by atomic mass is 32.2. The van der Waals surface area contributed by atoms with Crippen molar-refractivity contribution >= 4 is 11.8 Å². The van der Waals surface area contributed by atoms with Crippen LogP contribution in [-0.2, 0) is 13.1 Å². The summed E-state index contributed by atoms with van der Waals surface area (Å²) < 4.78 is 2.20. The van der Waals surface area contributed by atoms with E-state index in [1.807, 2.05) is 12.5 Å². The molecule has 1 aromatic heterocycles. The molecule has 1 fully saturated rings. The SMILES string of the molecule is CCn1cncc1CNC1CCCSC1. The molecule has 0 spiro atoms. The summed E-state index contributed by atoms with van der Waals surface area (Å²) in [7, 11) is 0. The third-order valence-corrected chi connectivity index (χ3v) is 4.09. The van der Waals surface area contributed by atoms with Crippen LogP contribution in [0.5, 0.6) is 0 Å². The first-order valence-corrected chi connectivity index (χ1v) is 6.85. The second-order valence-electron chi connectivity index (χ2n) is 3.97. The third kappa shape index (κ3) is 2.98. The van der Waals surface area contributed by atoms with Gasteiger partial charge in [-0.3, -0.25) is 0 Å². The van der Waals surface area contributed by atoms with Gasteiger partial charge in [0.15, 0.2) is 0 Å². The van der Waals surface area contributed by atoms with Crippen molar-refractivity contribution in [2.75, 3.05) is 11.5 Å². The minimum Gasteiger partial charge on any atom is -0.334 e. The summed E-state index contributed by atoms with van der Waals surface area (Å²) in [5, 5.41) is 3.62. The van der Waals surface area contributed by atoms with Gasteiger partial charge in [-0.1, -0.05) is 0 Å². The summed E-state index contributed by atoms with van der Waals surface area (Å²) in [6.45, 7) is 4.12. The Morgan fingerprint density at radius 1 is 1.67 bits per heavy atom. The topological polar surface area (TPSA) is 29.9 Å². The van der Waals surface area contributed by atoms with E-state index in [4.69, 9.17) is 0 Å². The van der Waals surface area contributed by atoms with Crippen molar-refractivity contribution in [3.05, 3.63) is 18.2 Å². The lowest BCUT2D eigenvalue weighted by Gasteiger charge is -2.22. The van der Waals surface area contributed by atoms with Crippen molar-refractivity contribution in [1.29, 1.82) is 0 Å². The monoisotopic (exact) mass is 225 g/mol. The number of imidazole rings is 1. The Hall–Kier alpha value is -0.480. The third-order valence-electron chi connectivity index (χ3n) is 2.87. The van der Waals surface area contributed by atoms with E-state index in [0.717, 1.165) is 13.1 Å². The molecule has 1 aliphatic heterocycles. The maximum atomic E-state index is 4.17. The molecule has 0 aliphatic carbocycles. The predicted octanol–water partition coefficient (Wildman–Crippen LogP) is 1.89. The Kier molecular flexibility index (Phi) is 4.09. The second-order valence-corrected chi connectivity index (χ2v) is 5.12. The van der Waals surface area contributed by atoms with Crippen LogP contribution in [0.15, 0.2) is 12.5 Å². The Morgan fingerprint density at radius 3 is 3.33 bits per heavy atom. The zero-order valence-corrected chi connectivity index (χ0v) is 10.1. The standard InChI is InChI=1S/C11H19N3S/c1-2-14-9-12-6-11(14)7-13-10-4-3-5-15-8-10/h6,9-10,13H,2-5,7-8H2,1H3. The van der Waals surface area contributed by atoms with Crippen molar-refractivity contribution in [2.24, 2.45) is 0 Å². The molecule has 1 N–H and O–H groups in total. The number of nitrogens with one attached hydrogen (secondary N) is 1. The Labute approximate surface area is 95.7 Å². The van der Waals surface area contributed by atoms with E-state index in [9.17, 15) is 0 Å². The van der Waals surface area contributed by atoms with Crippen molar-refractivity contribution in [3.63, 3.8) is 0 Å². The molecule has 4 heteroatoms. The molecule has 1 saturated heterocycles. The van der Waals surface area contributed by atoms with Gasteiger partial charge in [-0.2, -0.15) is 11.8 Å². The highest BCUT2D eigenvalue weighted by molar-refractivity contribution is 7.99. The largest absolute Gasteiger partial charge is 0.334 e. The van der Waals surface area contributed by atoms with Gasteiger partial charge in [-0.15, -0.1) is 0 Å². The molecule has 0 radical (unpaired) electrons. The maximum absolute atomic E-state index is 4.17. The number of aryl methyl sites for hydroxylation is 1. The quantitative estimate of drug-likeness (QED) is 0.848. The Bertz CT molecular complexity index is 292. The normalized spacial score (nSPS) is 21.8. The highest BCUT2D eigenvalue weighted by Crippen LogP contribution is 2.17. The molecule has 15 heavy (non-hydrogen) atoms. The van der Waals surface area contributed by atoms with Gasteiger partial charge >= 0.3 is 0 Å². The number of thioether (sulfide) groups is 1. The Balaban J connectivity index is 1.81. The Morgan fingerprint density at radius 2 is 2.60 bits per heavy atom. The van der Waals surface area contributed by atoms with Crippen molar-refractivity contribution in [2.45, 2.75) is 38.9 Å². The van der Waals surface area contributed by atoms with E-state index in [0.29, 0.717) is 6.04 Å². The van der Waals surface area contributed by atoms with Gasteiger partial charge in [0, 0.05) is 31.1 Å². The van der Waals surface area contributed by atoms with E-state index in [1.165, 1.54) is 30.0 Å². The molecule has 2 rings (SSSR count). The van der Waals surface area contributed by atoms with E-state index >= 15 is 0 Å². The molecular weight excluding hydrogens is 206 g/mol. The zero-order chi connectivity index (χ0) is 10.5. The van der Waals surface area contributed by atoms with Gasteiger partial charge in [-0.05, 0) is 25.5 Å². The smallest absolute Gasteiger partial charge is 0.0948 e. The van der Waals surface area contributed by atoms with Gasteiger partial charge in [0.05, 0.1) is 12.0 Å². The molecule has 0 amide bonds. The fourth-order valence-electron chi connectivity index (χ4n) is 1.93. The fraction of sp³-hybridized carbons (Fsp3) is 0.727. The molecule has 2 heterocycles. The summed E-state index contributed by atoms with van der Waals surface area (Å²) >= 11 is 2.07. The van der Waals surface area contributed by atoms with Crippen molar-refractivity contribution in [3.8, 4) is 0 Å². The van der Waals surface area contributed by atoms with Gasteiger partial charge < -0.3 is 9.88 Å². The second kappa shape index (κ2) is 5.56. The van der Waals surface area contributed by atoms with E-state index < -0.39 is 0 Å². The molecule has 0 saturated carbocycles. The molecule has 1 aromatic rings. The average Bonchev–Trinajstić information content (AvgIpc) is 2.75. The summed E-state index contributed by atoms with van der Waals surface area (Å²) in [5.74, 6) is 2.60. The van der Waals surface area contributed by atoms with Crippen LogP contribution in [0.2, 0.25) is 0 Å². The average molecular weight is 225 g/mol. The summed E-state index contributed by atoms with van der Waals surface area (Å²) in [5.41, 5.74) is 1.30. The van der Waals surface area contributed by atoms with Crippen LogP contribution in [0.4, 0.5) is 0 Å². The lowest BCUT2D eigenvalue weighted by atomic mass is 10.2. The lowest BCUT2D eigenvalue weighted by Crippen LogP contribution is -2.33. The van der Waals surface area contributed by atoms with Crippen molar-refractivity contribution < 1.29 is 0 Å². The molecule has 0 bridgehead atoms. The molecule has 0 aromatic carbocycles. The number of hydrogen-bond donors (Lipinski definition) is 1. The van der Waals surface area contributed by atoms with E-state index in [2.05, 4.69) is 33.6 Å². The minimum absolute atomic E-state index is 0.698. The molecular formula is C11H19N3S. The summed E-state index contributed by atoms with van der Waals surface area (Å²) in [6, 6.07) is 0.698. The molecule has 84 valence electrons.